The molecule has 43 heavy (non-hydrogen) atoms. The van der Waals surface area contributed by atoms with E-state index >= 15 is 4.39 Å². The number of anilines is 3. The average Bonchev–Trinajstić information content (AvgIpc) is 3.33. The largest absolute Gasteiger partial charge is 0.477 e. The topological polar surface area (TPSA) is 116 Å². The van der Waals surface area contributed by atoms with Crippen LogP contribution in [-0.4, -0.2) is 55.1 Å². The summed E-state index contributed by atoms with van der Waals surface area (Å²) < 4.78 is 51.1. The second kappa shape index (κ2) is 11.9. The third kappa shape index (κ3) is 6.41. The molecule has 0 spiro atoms. The van der Waals surface area contributed by atoms with E-state index in [1.807, 2.05) is 35.2 Å². The molecule has 1 atom stereocenters. The minimum atomic E-state index is -4.08. The molecule has 2 aromatic carbocycles. The summed E-state index contributed by atoms with van der Waals surface area (Å²) in [7, 11) is -2.49. The Morgan fingerprint density at radius 1 is 1.07 bits per heavy atom. The predicted molar refractivity (Wildman–Crippen MR) is 165 cm³/mol. The number of nitrogens with one attached hydrogen (secondary N) is 1. The first-order valence-corrected chi connectivity index (χ1v) is 16.5. The van der Waals surface area contributed by atoms with Crippen molar-refractivity contribution in [3.63, 3.8) is 0 Å². The summed E-state index contributed by atoms with van der Waals surface area (Å²) in [5.74, 6) is -1.87. The monoisotopic (exact) mass is 629 g/mol. The highest BCUT2D eigenvalue weighted by atomic mass is 32.2. The second-order valence-corrected chi connectivity index (χ2v) is 15.0. The van der Waals surface area contributed by atoms with Crippen molar-refractivity contribution in [1.82, 2.24) is 4.31 Å². The van der Waals surface area contributed by atoms with Crippen LogP contribution in [0.4, 0.5) is 26.2 Å². The van der Waals surface area contributed by atoms with Gasteiger partial charge >= 0.3 is 12.1 Å². The fraction of sp³-hybridized carbons (Fsp3) is 0.419. The molecule has 1 aromatic heterocycles. The number of benzene rings is 2. The van der Waals surface area contributed by atoms with Crippen LogP contribution in [0.1, 0.15) is 62.5 Å². The number of hydrogen-bond acceptors (Lipinski definition) is 7. The van der Waals surface area contributed by atoms with Crippen LogP contribution < -0.4 is 10.2 Å². The summed E-state index contributed by atoms with van der Waals surface area (Å²) >= 11 is 0.740. The van der Waals surface area contributed by atoms with Crippen molar-refractivity contribution in [1.29, 1.82) is 0 Å². The molecule has 9 nitrogen and oxygen atoms in total. The quantitative estimate of drug-likeness (QED) is 0.304. The normalized spacial score (nSPS) is 19.4. The number of rotatable bonds is 5. The van der Waals surface area contributed by atoms with Crippen LogP contribution in [-0.2, 0) is 14.8 Å². The number of fused-ring (bicyclic) bond motifs is 1. The van der Waals surface area contributed by atoms with Gasteiger partial charge in [0.25, 0.3) is 0 Å². The molecule has 1 amide bonds. The molecule has 1 aliphatic carbocycles. The lowest BCUT2D eigenvalue weighted by molar-refractivity contribution is 0.0636. The van der Waals surface area contributed by atoms with Crippen molar-refractivity contribution in [2.75, 3.05) is 23.8 Å². The Kier molecular flexibility index (Phi) is 8.56. The van der Waals surface area contributed by atoms with Gasteiger partial charge in [-0.2, -0.15) is 4.31 Å². The average molecular weight is 630 g/mol. The highest BCUT2D eigenvalue weighted by Crippen LogP contribution is 2.45. The molecule has 2 heterocycles. The van der Waals surface area contributed by atoms with E-state index in [9.17, 15) is 23.1 Å². The van der Waals surface area contributed by atoms with Gasteiger partial charge in [0.05, 0.1) is 11.4 Å². The maximum Gasteiger partial charge on any atom is 0.412 e. The number of para-hydroxylation sites is 1. The lowest BCUT2D eigenvalue weighted by Gasteiger charge is -2.36. The number of amides is 1. The van der Waals surface area contributed by atoms with Crippen LogP contribution in [0.5, 0.6) is 0 Å². The highest BCUT2D eigenvalue weighted by molar-refractivity contribution is 7.89. The van der Waals surface area contributed by atoms with E-state index in [1.165, 1.54) is 22.5 Å². The first-order valence-electron chi connectivity index (χ1n) is 14.3. The van der Waals surface area contributed by atoms with Gasteiger partial charge in [-0.3, -0.25) is 5.32 Å². The number of sulfonamides is 1. The van der Waals surface area contributed by atoms with Gasteiger partial charge in [-0.25, -0.2) is 22.4 Å². The van der Waals surface area contributed by atoms with Crippen LogP contribution in [0.2, 0.25) is 0 Å². The molecule has 0 radical (unpaired) electrons. The van der Waals surface area contributed by atoms with Gasteiger partial charge in [-0.15, -0.1) is 11.3 Å². The van der Waals surface area contributed by atoms with E-state index in [0.29, 0.717) is 6.54 Å². The number of carboxylic acid groups (broad SMARTS) is 1. The molecule has 0 saturated heterocycles. The second-order valence-electron chi connectivity index (χ2n) is 12.0. The van der Waals surface area contributed by atoms with E-state index in [-0.39, 0.29) is 43.5 Å². The lowest BCUT2D eigenvalue weighted by Crippen LogP contribution is -2.46. The summed E-state index contributed by atoms with van der Waals surface area (Å²) in [4.78, 5) is 26.2. The van der Waals surface area contributed by atoms with Crippen LogP contribution in [0, 0.1) is 11.7 Å². The molecule has 1 aliphatic heterocycles. The number of ether oxygens (including phenoxy) is 1. The standard InChI is InChI=1S/C31H36FN3O6S2/c1-31(2,3)41-30(38)33-23-17-26(42-28(23)29(36)37)21-15-27-24(16-22(21)32)35(20-13-9-6-10-14-20)18-25(34(4)43(27,39)40)19-11-7-5-8-12-19/h6,9-10,13-17,19,25H,5,7-8,11-12,18H2,1-4H3,(H,33,38)(H,36,37)/t25-/m0/s1. The minimum absolute atomic E-state index is 0.0690. The Morgan fingerprint density at radius 3 is 2.37 bits per heavy atom. The van der Waals surface area contributed by atoms with Crippen molar-refractivity contribution < 1.29 is 32.2 Å². The SMILES string of the molecule is CN1[C@H](C2CCCCC2)CN(c2ccccc2)c2cc(F)c(-c3cc(NC(=O)OC(C)(C)C)c(C(=O)O)s3)cc2S1(=O)=O. The fourth-order valence-electron chi connectivity index (χ4n) is 5.89. The van der Waals surface area contributed by atoms with Gasteiger partial charge in [0.15, 0.2) is 0 Å². The Bertz CT molecular complexity index is 1630. The van der Waals surface area contributed by atoms with Gasteiger partial charge < -0.3 is 14.7 Å². The third-order valence-corrected chi connectivity index (χ3v) is 11.0. The van der Waals surface area contributed by atoms with Crippen molar-refractivity contribution in [3.8, 4) is 10.4 Å². The number of carbonyl (C=O) groups excluding carboxylic acids is 1. The summed E-state index contributed by atoms with van der Waals surface area (Å²) in [6.07, 6.45) is 4.18. The molecular weight excluding hydrogens is 593 g/mol. The molecular formula is C31H36FN3O6S2. The van der Waals surface area contributed by atoms with Crippen molar-refractivity contribution in [3.05, 3.63) is 59.2 Å². The van der Waals surface area contributed by atoms with E-state index in [2.05, 4.69) is 5.32 Å². The van der Waals surface area contributed by atoms with Gasteiger partial charge in [0.2, 0.25) is 10.0 Å². The first kappa shape index (κ1) is 31.0. The zero-order chi connectivity index (χ0) is 31.1. The van der Waals surface area contributed by atoms with Gasteiger partial charge in [-0.05, 0) is 69.9 Å². The summed E-state index contributed by atoms with van der Waals surface area (Å²) in [6.45, 7) is 5.37. The van der Waals surface area contributed by atoms with Crippen molar-refractivity contribution in [2.24, 2.45) is 5.92 Å². The molecule has 230 valence electrons. The highest BCUT2D eigenvalue weighted by Gasteiger charge is 2.41. The molecule has 0 unspecified atom stereocenters. The first-order chi connectivity index (χ1) is 20.3. The lowest BCUT2D eigenvalue weighted by atomic mass is 9.83. The zero-order valence-electron chi connectivity index (χ0n) is 24.6. The maximum absolute atomic E-state index is 16.0. The van der Waals surface area contributed by atoms with E-state index in [4.69, 9.17) is 4.74 Å². The van der Waals surface area contributed by atoms with Crippen LogP contribution in [0.3, 0.4) is 0 Å². The van der Waals surface area contributed by atoms with Gasteiger partial charge in [0, 0.05) is 35.8 Å². The number of carboxylic acids is 1. The number of halogens is 1. The molecule has 2 aliphatic rings. The van der Waals surface area contributed by atoms with E-state index in [1.54, 1.807) is 27.8 Å². The van der Waals surface area contributed by atoms with E-state index in [0.717, 1.165) is 49.1 Å². The Morgan fingerprint density at radius 2 is 1.74 bits per heavy atom. The molecule has 5 rings (SSSR count). The Hall–Kier alpha value is -3.48. The Balaban J connectivity index is 1.63. The molecule has 1 saturated carbocycles. The zero-order valence-corrected chi connectivity index (χ0v) is 26.2. The number of hydrogen-bond donors (Lipinski definition) is 2. The number of likely N-dealkylation sites (N-methyl/N-ethyl adjacent to an activating group) is 1. The Labute approximate surface area is 255 Å². The van der Waals surface area contributed by atoms with Crippen molar-refractivity contribution in [2.45, 2.75) is 69.4 Å². The van der Waals surface area contributed by atoms with Gasteiger partial charge in [-0.1, -0.05) is 37.5 Å². The van der Waals surface area contributed by atoms with Crippen LogP contribution in [0.25, 0.3) is 10.4 Å². The third-order valence-electron chi connectivity index (χ3n) is 7.92. The number of carbonyl (C=O) groups is 2. The maximum atomic E-state index is 16.0. The predicted octanol–water partition coefficient (Wildman–Crippen LogP) is 7.32. The number of aromatic carboxylic acids is 1. The summed E-state index contributed by atoms with van der Waals surface area (Å²) in [5, 5.41) is 12.3. The summed E-state index contributed by atoms with van der Waals surface area (Å²) in [6, 6.07) is 12.8. The summed E-state index contributed by atoms with van der Waals surface area (Å²) in [5.41, 5.74) is -0.00496. The van der Waals surface area contributed by atoms with Crippen LogP contribution in [0.15, 0.2) is 53.4 Å². The molecule has 0 bridgehead atoms. The molecule has 2 N–H and O–H groups in total. The minimum Gasteiger partial charge on any atom is -0.477 e. The number of nitrogens with zero attached hydrogens (tertiary/aromatic N) is 2. The van der Waals surface area contributed by atoms with Crippen molar-refractivity contribution >= 4 is 50.5 Å². The smallest absolute Gasteiger partial charge is 0.412 e. The molecule has 3 aromatic rings. The molecule has 12 heteroatoms. The number of thiophene rings is 1. The van der Waals surface area contributed by atoms with Gasteiger partial charge in [0.1, 0.15) is 21.2 Å². The van der Waals surface area contributed by atoms with Crippen LogP contribution >= 0.6 is 11.3 Å². The fourth-order valence-corrected chi connectivity index (χ4v) is 8.47. The van der Waals surface area contributed by atoms with E-state index < -0.39 is 33.5 Å². The molecule has 1 fully saturated rings.